The van der Waals surface area contributed by atoms with Crippen LogP contribution < -0.4 is 0 Å². The van der Waals surface area contributed by atoms with Gasteiger partial charge in [0.15, 0.2) is 9.84 Å². The molecule has 0 aliphatic heterocycles. The maximum Gasteiger partial charge on any atom is 0.243 e. The lowest BCUT2D eigenvalue weighted by Gasteiger charge is -2.13. The van der Waals surface area contributed by atoms with Gasteiger partial charge < -0.3 is 0 Å². The Morgan fingerprint density at radius 2 is 1.38 bits per heavy atom. The average Bonchev–Trinajstić information content (AvgIpc) is 2.16. The van der Waals surface area contributed by atoms with E-state index in [1.54, 1.807) is 0 Å². The summed E-state index contributed by atoms with van der Waals surface area (Å²) in [7, 11) is -4.58. The van der Waals surface area contributed by atoms with E-state index in [4.69, 9.17) is 0 Å². The Labute approximate surface area is 95.7 Å². The van der Waals surface area contributed by atoms with Crippen LogP contribution in [-0.4, -0.2) is 41.5 Å². The van der Waals surface area contributed by atoms with Crippen molar-refractivity contribution in [2.24, 2.45) is 0 Å². The number of nitrogens with zero attached hydrogens (tertiary/aromatic N) is 1. The fourth-order valence-corrected chi connectivity index (χ4v) is 3.66. The van der Waals surface area contributed by atoms with Crippen LogP contribution in [0.4, 0.5) is 0 Å². The second kappa shape index (κ2) is 4.15. The lowest BCUT2D eigenvalue weighted by Crippen LogP contribution is -2.24. The smallest absolute Gasteiger partial charge is 0.224 e. The van der Waals surface area contributed by atoms with Crippen molar-refractivity contribution in [2.45, 2.75) is 9.79 Å². The summed E-state index contributed by atoms with van der Waals surface area (Å²) in [5.74, 6) is 0. The molecule has 0 saturated carbocycles. The van der Waals surface area contributed by atoms with E-state index in [1.807, 2.05) is 0 Å². The molecule has 7 heteroatoms. The van der Waals surface area contributed by atoms with Crippen molar-refractivity contribution in [1.82, 2.24) is 4.31 Å². The molecule has 0 aromatic heterocycles. The fraction of sp³-hybridized carbons (Fsp3) is 0.333. The topological polar surface area (TPSA) is 71.5 Å². The maximum atomic E-state index is 11.9. The van der Waals surface area contributed by atoms with Crippen molar-refractivity contribution in [2.75, 3.05) is 20.4 Å². The number of sulfone groups is 1. The van der Waals surface area contributed by atoms with Crippen molar-refractivity contribution in [3.63, 3.8) is 0 Å². The van der Waals surface area contributed by atoms with Crippen molar-refractivity contribution >= 4 is 19.9 Å². The van der Waals surface area contributed by atoms with Gasteiger partial charge in [-0.15, -0.1) is 0 Å². The third-order valence-corrected chi connectivity index (χ3v) is 5.16. The van der Waals surface area contributed by atoms with Gasteiger partial charge in [0.1, 0.15) is 4.90 Å². The van der Waals surface area contributed by atoms with Gasteiger partial charge in [-0.2, -0.15) is 0 Å². The summed E-state index contributed by atoms with van der Waals surface area (Å²) in [4.78, 5) is -0.369. The van der Waals surface area contributed by atoms with Crippen LogP contribution in [0.2, 0.25) is 0 Å². The molecule has 0 N–H and O–H groups in total. The molecule has 1 rings (SSSR count). The highest BCUT2D eigenvalue weighted by Crippen LogP contribution is 2.22. The lowest BCUT2D eigenvalue weighted by molar-refractivity contribution is 0.517. The Hall–Kier alpha value is -0.920. The van der Waals surface area contributed by atoms with Crippen LogP contribution in [0.25, 0.3) is 0 Å². The summed E-state index contributed by atoms with van der Waals surface area (Å²) in [5.41, 5.74) is 0. The summed E-state index contributed by atoms with van der Waals surface area (Å²) < 4.78 is 47.6. The molecule has 5 nitrogen and oxygen atoms in total. The van der Waals surface area contributed by atoms with Gasteiger partial charge in [-0.3, -0.25) is 0 Å². The van der Waals surface area contributed by atoms with Gasteiger partial charge in [0, 0.05) is 20.4 Å². The molecule has 0 aliphatic rings. The van der Waals surface area contributed by atoms with Crippen molar-refractivity contribution in [3.05, 3.63) is 24.3 Å². The minimum absolute atomic E-state index is 0.177. The Kier molecular flexibility index (Phi) is 3.41. The van der Waals surface area contributed by atoms with Gasteiger partial charge in [-0.05, 0) is 12.1 Å². The van der Waals surface area contributed by atoms with Crippen LogP contribution in [0.3, 0.4) is 0 Å². The number of sulfonamides is 1. The van der Waals surface area contributed by atoms with Crippen LogP contribution in [0.15, 0.2) is 34.1 Å². The molecule has 0 fully saturated rings. The standard InChI is InChI=1S/C9H13NO4S2/c1-10(2)16(13,14)9-7-5-4-6-8(9)15(3,11)12/h4-7H,1-3H3. The first kappa shape index (κ1) is 13.1. The molecule has 0 saturated heterocycles. The van der Waals surface area contributed by atoms with Gasteiger partial charge in [-0.25, -0.2) is 21.1 Å². The van der Waals surface area contributed by atoms with E-state index < -0.39 is 19.9 Å². The zero-order valence-corrected chi connectivity index (χ0v) is 10.8. The highest BCUT2D eigenvalue weighted by atomic mass is 32.2. The van der Waals surface area contributed by atoms with Crippen molar-refractivity contribution < 1.29 is 16.8 Å². The highest BCUT2D eigenvalue weighted by molar-refractivity contribution is 7.93. The van der Waals surface area contributed by atoms with Gasteiger partial charge in [0.25, 0.3) is 0 Å². The fourth-order valence-electron chi connectivity index (χ4n) is 1.17. The molecule has 1 aromatic rings. The Bertz CT molecular complexity index is 588. The second-order valence-electron chi connectivity index (χ2n) is 3.51. The highest BCUT2D eigenvalue weighted by Gasteiger charge is 2.24. The van der Waals surface area contributed by atoms with Crippen molar-refractivity contribution in [1.29, 1.82) is 0 Å². The number of hydrogen-bond donors (Lipinski definition) is 0. The Morgan fingerprint density at radius 1 is 0.938 bits per heavy atom. The van der Waals surface area contributed by atoms with Gasteiger partial charge in [0.2, 0.25) is 10.0 Å². The van der Waals surface area contributed by atoms with E-state index in [2.05, 4.69) is 0 Å². The second-order valence-corrected chi connectivity index (χ2v) is 7.61. The van der Waals surface area contributed by atoms with E-state index in [-0.39, 0.29) is 9.79 Å². The third-order valence-electron chi connectivity index (χ3n) is 2.01. The van der Waals surface area contributed by atoms with E-state index >= 15 is 0 Å². The average molecular weight is 263 g/mol. The van der Waals surface area contributed by atoms with Gasteiger partial charge in [0.05, 0.1) is 4.90 Å². The molecular weight excluding hydrogens is 250 g/mol. The molecule has 1 aromatic carbocycles. The molecule has 0 bridgehead atoms. The molecule has 0 unspecified atom stereocenters. The quantitative estimate of drug-likeness (QED) is 0.788. The third kappa shape index (κ3) is 2.42. The summed E-state index contributed by atoms with van der Waals surface area (Å²) >= 11 is 0. The molecule has 0 heterocycles. The number of rotatable bonds is 3. The van der Waals surface area contributed by atoms with E-state index in [0.29, 0.717) is 0 Å². The number of hydrogen-bond acceptors (Lipinski definition) is 4. The predicted octanol–water partition coefficient (Wildman–Crippen LogP) is 0.340. The Morgan fingerprint density at radius 3 is 1.75 bits per heavy atom. The lowest BCUT2D eigenvalue weighted by atomic mass is 10.4. The minimum Gasteiger partial charge on any atom is -0.224 e. The predicted molar refractivity (Wildman–Crippen MR) is 60.4 cm³/mol. The minimum atomic E-state index is -3.74. The molecule has 16 heavy (non-hydrogen) atoms. The SMILES string of the molecule is CN(C)S(=O)(=O)c1ccccc1S(C)(=O)=O. The molecule has 90 valence electrons. The van der Waals surface area contributed by atoms with E-state index in [1.165, 1.54) is 38.4 Å². The van der Waals surface area contributed by atoms with E-state index in [0.717, 1.165) is 10.6 Å². The molecular formula is C9H13NO4S2. The molecule has 0 radical (unpaired) electrons. The Balaban J connectivity index is 3.61. The summed E-state index contributed by atoms with van der Waals surface area (Å²) in [6.45, 7) is 0. The molecule has 0 atom stereocenters. The summed E-state index contributed by atoms with van der Waals surface area (Å²) in [6, 6.07) is 5.55. The first-order chi connectivity index (χ1) is 7.17. The van der Waals surface area contributed by atoms with Gasteiger partial charge >= 0.3 is 0 Å². The molecule has 0 amide bonds. The van der Waals surface area contributed by atoms with E-state index in [9.17, 15) is 16.8 Å². The largest absolute Gasteiger partial charge is 0.243 e. The summed E-state index contributed by atoms with van der Waals surface area (Å²) in [6.07, 6.45) is 0.983. The zero-order valence-electron chi connectivity index (χ0n) is 9.21. The number of benzene rings is 1. The monoisotopic (exact) mass is 263 g/mol. The van der Waals surface area contributed by atoms with Gasteiger partial charge in [-0.1, -0.05) is 12.1 Å². The van der Waals surface area contributed by atoms with Crippen LogP contribution in [0.5, 0.6) is 0 Å². The van der Waals surface area contributed by atoms with Crippen LogP contribution in [0.1, 0.15) is 0 Å². The van der Waals surface area contributed by atoms with Crippen LogP contribution >= 0.6 is 0 Å². The van der Waals surface area contributed by atoms with Crippen LogP contribution in [-0.2, 0) is 19.9 Å². The summed E-state index contributed by atoms with van der Waals surface area (Å²) in [5, 5.41) is 0. The molecule has 0 aliphatic carbocycles. The first-order valence-electron chi connectivity index (χ1n) is 4.39. The normalized spacial score (nSPS) is 13.0. The maximum absolute atomic E-state index is 11.9. The van der Waals surface area contributed by atoms with Crippen molar-refractivity contribution in [3.8, 4) is 0 Å². The zero-order chi connectivity index (χ0) is 12.6. The molecule has 0 spiro atoms. The first-order valence-corrected chi connectivity index (χ1v) is 7.72. The van der Waals surface area contributed by atoms with Crippen LogP contribution in [0, 0.1) is 0 Å².